The van der Waals surface area contributed by atoms with Crippen molar-refractivity contribution < 1.29 is 4.79 Å². The summed E-state index contributed by atoms with van der Waals surface area (Å²) in [5.74, 6) is 2.20. The second-order valence-electron chi connectivity index (χ2n) is 5.42. The Kier molecular flexibility index (Phi) is 5.96. The maximum Gasteiger partial charge on any atom is 0.162 e. The van der Waals surface area contributed by atoms with Crippen molar-refractivity contribution in [1.29, 1.82) is 0 Å². The van der Waals surface area contributed by atoms with Crippen LogP contribution in [0.5, 0.6) is 0 Å². The van der Waals surface area contributed by atoms with Crippen molar-refractivity contribution in [3.8, 4) is 0 Å². The van der Waals surface area contributed by atoms with Gasteiger partial charge in [-0.3, -0.25) is 4.79 Å². The molecule has 1 aliphatic rings. The molecule has 0 radical (unpaired) electrons. The van der Waals surface area contributed by atoms with Gasteiger partial charge in [-0.25, -0.2) is 0 Å². The fourth-order valence-electron chi connectivity index (χ4n) is 2.86. The Morgan fingerprint density at radius 1 is 1.16 bits per heavy atom. The minimum atomic E-state index is 0.318. The van der Waals surface area contributed by atoms with Crippen LogP contribution in [0.4, 0.5) is 0 Å². The molecule has 1 aromatic rings. The van der Waals surface area contributed by atoms with Crippen molar-refractivity contribution in [3.05, 3.63) is 29.8 Å². The quantitative estimate of drug-likeness (QED) is 0.515. The number of hydrogen-bond acceptors (Lipinski definition) is 2. The minimum Gasteiger partial charge on any atom is -0.294 e. The van der Waals surface area contributed by atoms with E-state index < -0.39 is 0 Å². The first kappa shape index (κ1) is 14.6. The third-order valence-electron chi connectivity index (χ3n) is 3.99. The molecule has 19 heavy (non-hydrogen) atoms. The van der Waals surface area contributed by atoms with Gasteiger partial charge in [-0.15, -0.1) is 11.8 Å². The molecule has 104 valence electrons. The van der Waals surface area contributed by atoms with Crippen LogP contribution >= 0.6 is 11.8 Å². The topological polar surface area (TPSA) is 17.1 Å². The summed E-state index contributed by atoms with van der Waals surface area (Å²) in [5.41, 5.74) is 0.885. The first-order valence-corrected chi connectivity index (χ1v) is 8.54. The predicted octanol–water partition coefficient (Wildman–Crippen LogP) is 5.34. The van der Waals surface area contributed by atoms with Crippen LogP contribution in [0.2, 0.25) is 0 Å². The zero-order valence-corrected chi connectivity index (χ0v) is 12.7. The van der Waals surface area contributed by atoms with Crippen molar-refractivity contribution in [3.63, 3.8) is 0 Å². The molecule has 0 bridgehead atoms. The van der Waals surface area contributed by atoms with Crippen molar-refractivity contribution in [1.82, 2.24) is 0 Å². The smallest absolute Gasteiger partial charge is 0.162 e. The normalized spacial score (nSPS) is 16.5. The van der Waals surface area contributed by atoms with Crippen LogP contribution in [-0.4, -0.2) is 11.5 Å². The first-order valence-electron chi connectivity index (χ1n) is 7.55. The first-order chi connectivity index (χ1) is 9.29. The van der Waals surface area contributed by atoms with Crippen molar-refractivity contribution in [2.45, 2.75) is 56.8 Å². The summed E-state index contributed by atoms with van der Waals surface area (Å²) in [7, 11) is 0. The van der Waals surface area contributed by atoms with Crippen LogP contribution in [0, 0.1) is 5.92 Å². The molecular formula is C17H24OS. The summed E-state index contributed by atoms with van der Waals surface area (Å²) in [6.07, 6.45) is 8.60. The molecule has 0 atom stereocenters. The SMILES string of the molecule is CCSc1ccc(C(=O)CCC2CCCCC2)cc1. The summed E-state index contributed by atoms with van der Waals surface area (Å²) in [6.45, 7) is 2.15. The molecule has 0 saturated heterocycles. The second kappa shape index (κ2) is 7.74. The van der Waals surface area contributed by atoms with Crippen molar-refractivity contribution in [2.75, 3.05) is 5.75 Å². The zero-order valence-electron chi connectivity index (χ0n) is 11.9. The zero-order chi connectivity index (χ0) is 13.5. The Bertz CT molecular complexity index is 390. The number of carbonyl (C=O) groups excluding carboxylic acids is 1. The lowest BCUT2D eigenvalue weighted by Gasteiger charge is -2.20. The van der Waals surface area contributed by atoms with Crippen molar-refractivity contribution >= 4 is 17.5 Å². The van der Waals surface area contributed by atoms with Crippen LogP contribution < -0.4 is 0 Å². The molecule has 0 N–H and O–H groups in total. The van der Waals surface area contributed by atoms with E-state index in [2.05, 4.69) is 19.1 Å². The minimum absolute atomic E-state index is 0.318. The maximum absolute atomic E-state index is 12.1. The van der Waals surface area contributed by atoms with E-state index in [1.807, 2.05) is 23.9 Å². The third kappa shape index (κ3) is 4.68. The van der Waals surface area contributed by atoms with Gasteiger partial charge in [-0.05, 0) is 30.2 Å². The average Bonchev–Trinajstić information content (AvgIpc) is 2.47. The van der Waals surface area contributed by atoms with E-state index in [1.165, 1.54) is 37.0 Å². The van der Waals surface area contributed by atoms with Crippen LogP contribution in [0.25, 0.3) is 0 Å². The van der Waals surface area contributed by atoms with E-state index in [4.69, 9.17) is 0 Å². The molecule has 1 saturated carbocycles. The van der Waals surface area contributed by atoms with E-state index in [0.29, 0.717) is 5.78 Å². The molecular weight excluding hydrogens is 252 g/mol. The lowest BCUT2D eigenvalue weighted by molar-refractivity contribution is 0.0970. The number of benzene rings is 1. The van der Waals surface area contributed by atoms with Gasteiger partial charge in [0.1, 0.15) is 0 Å². The molecule has 0 heterocycles. The number of Topliss-reactive ketones (excluding diaryl/α,β-unsaturated/α-hetero) is 1. The predicted molar refractivity (Wildman–Crippen MR) is 83.0 cm³/mol. The summed E-state index contributed by atoms with van der Waals surface area (Å²) >= 11 is 1.82. The summed E-state index contributed by atoms with van der Waals surface area (Å²) in [6, 6.07) is 8.12. The molecule has 1 aromatic carbocycles. The average molecular weight is 276 g/mol. The molecule has 0 unspecified atom stereocenters. The van der Waals surface area contributed by atoms with E-state index in [0.717, 1.165) is 30.1 Å². The lowest BCUT2D eigenvalue weighted by Crippen LogP contribution is -2.09. The van der Waals surface area contributed by atoms with Gasteiger partial charge < -0.3 is 0 Å². The molecule has 1 aliphatic carbocycles. The molecule has 1 nitrogen and oxygen atoms in total. The Balaban J connectivity index is 1.81. The molecule has 0 amide bonds. The Hall–Kier alpha value is -0.760. The standard InChI is InChI=1S/C17H24OS/c1-2-19-16-11-9-15(10-12-16)17(18)13-8-14-6-4-3-5-7-14/h9-12,14H,2-8,13H2,1H3. The number of ketones is 1. The number of carbonyl (C=O) groups is 1. The van der Waals surface area contributed by atoms with Gasteiger partial charge in [0.25, 0.3) is 0 Å². The Morgan fingerprint density at radius 2 is 1.84 bits per heavy atom. The highest BCUT2D eigenvalue weighted by Crippen LogP contribution is 2.28. The number of rotatable bonds is 6. The molecule has 0 aromatic heterocycles. The van der Waals surface area contributed by atoms with Crippen molar-refractivity contribution in [2.24, 2.45) is 5.92 Å². The fraction of sp³-hybridized carbons (Fsp3) is 0.588. The summed E-state index contributed by atoms with van der Waals surface area (Å²) in [5, 5.41) is 0. The Labute approximate surface area is 121 Å². The molecule has 2 heteroatoms. The van der Waals surface area contributed by atoms with Gasteiger partial charge in [0.15, 0.2) is 5.78 Å². The van der Waals surface area contributed by atoms with Gasteiger partial charge in [-0.1, -0.05) is 51.2 Å². The fourth-order valence-corrected chi connectivity index (χ4v) is 3.52. The van der Waals surface area contributed by atoms with Crippen LogP contribution in [0.1, 0.15) is 62.2 Å². The Morgan fingerprint density at radius 3 is 2.47 bits per heavy atom. The molecule has 1 fully saturated rings. The maximum atomic E-state index is 12.1. The van der Waals surface area contributed by atoms with Crippen LogP contribution in [-0.2, 0) is 0 Å². The highest BCUT2D eigenvalue weighted by atomic mass is 32.2. The largest absolute Gasteiger partial charge is 0.294 e. The van der Waals surface area contributed by atoms with Crippen LogP contribution in [0.3, 0.4) is 0 Å². The van der Waals surface area contributed by atoms with Gasteiger partial charge in [0, 0.05) is 16.9 Å². The number of hydrogen-bond donors (Lipinski definition) is 0. The van der Waals surface area contributed by atoms with E-state index in [1.54, 1.807) is 0 Å². The summed E-state index contributed by atoms with van der Waals surface area (Å²) < 4.78 is 0. The molecule has 2 rings (SSSR count). The monoisotopic (exact) mass is 276 g/mol. The van der Waals surface area contributed by atoms with E-state index in [9.17, 15) is 4.79 Å². The third-order valence-corrected chi connectivity index (χ3v) is 4.89. The van der Waals surface area contributed by atoms with Gasteiger partial charge >= 0.3 is 0 Å². The highest BCUT2D eigenvalue weighted by molar-refractivity contribution is 7.99. The molecule has 0 aliphatic heterocycles. The van der Waals surface area contributed by atoms with Gasteiger partial charge in [-0.2, -0.15) is 0 Å². The highest BCUT2D eigenvalue weighted by Gasteiger charge is 2.15. The number of thioether (sulfide) groups is 1. The second-order valence-corrected chi connectivity index (χ2v) is 6.76. The van der Waals surface area contributed by atoms with E-state index >= 15 is 0 Å². The molecule has 0 spiro atoms. The summed E-state index contributed by atoms with van der Waals surface area (Å²) in [4.78, 5) is 13.4. The van der Waals surface area contributed by atoms with E-state index in [-0.39, 0.29) is 0 Å². The lowest BCUT2D eigenvalue weighted by atomic mass is 9.85. The van der Waals surface area contributed by atoms with Gasteiger partial charge in [0.2, 0.25) is 0 Å². The van der Waals surface area contributed by atoms with Crippen LogP contribution in [0.15, 0.2) is 29.2 Å². The van der Waals surface area contributed by atoms with Gasteiger partial charge in [0.05, 0.1) is 0 Å².